The molecule has 2 aromatic carbocycles. The van der Waals surface area contributed by atoms with Gasteiger partial charge in [-0.2, -0.15) is 0 Å². The number of rotatable bonds is 6. The first-order valence-electron chi connectivity index (χ1n) is 11.3. The Morgan fingerprint density at radius 3 is 2.24 bits per heavy atom. The third kappa shape index (κ3) is 8.30. The minimum Gasteiger partial charge on any atom is -0.386 e. The first kappa shape index (κ1) is 29.4. The number of hydrogen-bond donors (Lipinski definition) is 3. The molecule has 4 N–H and O–H groups in total. The van der Waals surface area contributed by atoms with Crippen LogP contribution in [0, 0.1) is 24.4 Å². The van der Waals surface area contributed by atoms with Gasteiger partial charge in [-0.25, -0.2) is 13.2 Å². The van der Waals surface area contributed by atoms with Crippen molar-refractivity contribution in [3.8, 4) is 0 Å². The fraction of sp³-hybridized carbons (Fsp3) is 0.480. The molecule has 1 heterocycles. The van der Waals surface area contributed by atoms with Crippen molar-refractivity contribution in [2.24, 2.45) is 5.73 Å². The molecule has 190 valence electrons. The number of amides is 1. The number of aliphatic hydroxyl groups is 1. The summed E-state index contributed by atoms with van der Waals surface area (Å²) in [5.74, 6) is -3.63. The molecule has 0 spiro atoms. The van der Waals surface area contributed by atoms with E-state index in [4.69, 9.17) is 5.73 Å². The van der Waals surface area contributed by atoms with Gasteiger partial charge in [0, 0.05) is 0 Å². The zero-order valence-electron chi connectivity index (χ0n) is 20.9. The molecule has 6 nitrogen and oxygen atoms in total. The molecule has 2 aromatic rings. The lowest BCUT2D eigenvalue weighted by atomic mass is 9.95. The summed E-state index contributed by atoms with van der Waals surface area (Å²) in [6.45, 7) is 9.35. The van der Waals surface area contributed by atoms with Crippen LogP contribution in [0.3, 0.4) is 0 Å². The predicted molar refractivity (Wildman–Crippen MR) is 131 cm³/mol. The maximum Gasteiger partial charge on any atom is 0.256 e. The molecule has 9 heteroatoms. The van der Waals surface area contributed by atoms with Crippen LogP contribution in [-0.4, -0.2) is 66.7 Å². The Kier molecular flexibility index (Phi) is 11.5. The van der Waals surface area contributed by atoms with Crippen LogP contribution in [0.2, 0.25) is 0 Å². The Labute approximate surface area is 200 Å². The third-order valence-electron chi connectivity index (χ3n) is 4.87. The Hall–Kier alpha value is -2.62. The molecular formula is C25H37F3N4O2. The van der Waals surface area contributed by atoms with Crippen molar-refractivity contribution >= 4 is 17.3 Å². The smallest absolute Gasteiger partial charge is 0.256 e. The van der Waals surface area contributed by atoms with E-state index in [2.05, 4.69) is 24.3 Å². The molecule has 3 rings (SSSR count). The topological polar surface area (TPSA) is 81.8 Å². The summed E-state index contributed by atoms with van der Waals surface area (Å²) in [4.78, 5) is 16.0. The van der Waals surface area contributed by atoms with E-state index in [0.717, 1.165) is 31.6 Å². The van der Waals surface area contributed by atoms with Crippen molar-refractivity contribution in [2.45, 2.75) is 39.7 Å². The number of aryl methyl sites for hydroxylation is 1. The Balaban J connectivity index is 0.000000553. The van der Waals surface area contributed by atoms with Crippen LogP contribution in [0.15, 0.2) is 30.3 Å². The highest BCUT2D eigenvalue weighted by Gasteiger charge is 2.40. The minimum atomic E-state index is -1.27. The van der Waals surface area contributed by atoms with Gasteiger partial charge < -0.3 is 26.0 Å². The van der Waals surface area contributed by atoms with E-state index in [9.17, 15) is 23.1 Å². The maximum atomic E-state index is 14.3. The van der Waals surface area contributed by atoms with Crippen molar-refractivity contribution in [3.05, 3.63) is 58.9 Å². The number of carbonyl (C=O) groups excluding carboxylic acids is 1. The van der Waals surface area contributed by atoms with Crippen LogP contribution in [0.4, 0.5) is 24.5 Å². The maximum absolute atomic E-state index is 14.3. The van der Waals surface area contributed by atoms with Gasteiger partial charge in [-0.15, -0.1) is 0 Å². The molecule has 0 atom stereocenters. The van der Waals surface area contributed by atoms with E-state index in [1.54, 1.807) is 19.9 Å². The van der Waals surface area contributed by atoms with Crippen molar-refractivity contribution in [2.75, 3.05) is 45.6 Å². The molecule has 1 amide bonds. The lowest BCUT2D eigenvalue weighted by Crippen LogP contribution is -2.61. The highest BCUT2D eigenvalue weighted by Crippen LogP contribution is 2.31. The molecule has 0 aliphatic carbocycles. The van der Waals surface area contributed by atoms with Crippen LogP contribution < -0.4 is 11.1 Å². The standard InChI is InChI=1S/C18H17F3N2O2.C5H14N2.C2H6/c1-10-3-6-14(13(20)7-10)22-16-11(4-5-12(19)15(16)21)17(24)23-8-18(2,25)9-23;1-7(2)5-3-4-6;1-2/h3-7,22,25H,8-9H2,1-2H3;3-6H2,1-2H3;1-2H3. The highest BCUT2D eigenvalue weighted by atomic mass is 19.2. The van der Waals surface area contributed by atoms with Crippen LogP contribution >= 0.6 is 0 Å². The zero-order valence-corrected chi connectivity index (χ0v) is 20.9. The lowest BCUT2D eigenvalue weighted by molar-refractivity contribution is -0.0668. The average Bonchev–Trinajstić information content (AvgIpc) is 2.77. The summed E-state index contributed by atoms with van der Waals surface area (Å²) in [6.07, 6.45) is 1.10. The quantitative estimate of drug-likeness (QED) is 0.573. The van der Waals surface area contributed by atoms with Gasteiger partial charge in [0.25, 0.3) is 5.91 Å². The summed E-state index contributed by atoms with van der Waals surface area (Å²) in [5.41, 5.74) is 4.29. The summed E-state index contributed by atoms with van der Waals surface area (Å²) in [7, 11) is 4.10. The molecule has 1 aliphatic heterocycles. The summed E-state index contributed by atoms with van der Waals surface area (Å²) < 4.78 is 41.9. The monoisotopic (exact) mass is 482 g/mol. The Bertz CT molecular complexity index is 944. The normalized spacial score (nSPS) is 13.8. The number of likely N-dealkylation sites (tertiary alicyclic amines) is 1. The van der Waals surface area contributed by atoms with E-state index in [0.29, 0.717) is 5.56 Å². The fourth-order valence-electron chi connectivity index (χ4n) is 3.20. The fourth-order valence-corrected chi connectivity index (χ4v) is 3.20. The summed E-state index contributed by atoms with van der Waals surface area (Å²) in [6, 6.07) is 6.22. The van der Waals surface area contributed by atoms with Gasteiger partial charge in [0.15, 0.2) is 11.6 Å². The zero-order chi connectivity index (χ0) is 26.1. The second-order valence-corrected chi connectivity index (χ2v) is 8.50. The third-order valence-corrected chi connectivity index (χ3v) is 4.87. The first-order chi connectivity index (χ1) is 15.9. The molecule has 0 bridgehead atoms. The molecule has 1 saturated heterocycles. The molecule has 0 unspecified atom stereocenters. The number of benzene rings is 2. The molecule has 0 radical (unpaired) electrons. The van der Waals surface area contributed by atoms with Gasteiger partial charge in [-0.05, 0) is 77.3 Å². The number of hydrogen-bond acceptors (Lipinski definition) is 5. The second kappa shape index (κ2) is 13.3. The number of nitrogens with one attached hydrogen (secondary N) is 1. The van der Waals surface area contributed by atoms with Crippen LogP contribution in [0.5, 0.6) is 0 Å². The van der Waals surface area contributed by atoms with Crippen molar-refractivity contribution < 1.29 is 23.1 Å². The minimum absolute atomic E-state index is 0.0697. The van der Waals surface area contributed by atoms with Crippen molar-refractivity contribution in [1.29, 1.82) is 0 Å². The number of carbonyl (C=O) groups is 1. The van der Waals surface area contributed by atoms with Crippen molar-refractivity contribution in [1.82, 2.24) is 9.80 Å². The molecule has 1 aliphatic rings. The average molecular weight is 483 g/mol. The van der Waals surface area contributed by atoms with Crippen LogP contribution in [0.25, 0.3) is 0 Å². The Morgan fingerprint density at radius 1 is 1.15 bits per heavy atom. The molecule has 0 saturated carbocycles. The number of nitrogens with two attached hydrogens (primary N) is 1. The molecule has 34 heavy (non-hydrogen) atoms. The number of β-amino-alcohol motifs (C(OH)–C–C–N with tert-alkyl or cyclic N) is 1. The van der Waals surface area contributed by atoms with Gasteiger partial charge in [0.2, 0.25) is 0 Å². The van der Waals surface area contributed by atoms with E-state index < -0.39 is 34.6 Å². The van der Waals surface area contributed by atoms with E-state index in [1.165, 1.54) is 17.0 Å². The number of halogens is 3. The summed E-state index contributed by atoms with van der Waals surface area (Å²) in [5, 5.41) is 12.2. The molecule has 1 fully saturated rings. The first-order valence-corrected chi connectivity index (χ1v) is 11.3. The predicted octanol–water partition coefficient (Wildman–Crippen LogP) is 4.29. The molecule has 0 aromatic heterocycles. The van der Waals surface area contributed by atoms with Gasteiger partial charge in [0.1, 0.15) is 5.82 Å². The number of nitrogens with zero attached hydrogens (tertiary/aromatic N) is 2. The van der Waals surface area contributed by atoms with Crippen LogP contribution in [-0.2, 0) is 0 Å². The largest absolute Gasteiger partial charge is 0.386 e. The van der Waals surface area contributed by atoms with Gasteiger partial charge in [-0.1, -0.05) is 19.9 Å². The highest BCUT2D eigenvalue weighted by molar-refractivity contribution is 6.01. The van der Waals surface area contributed by atoms with E-state index >= 15 is 0 Å². The SMILES string of the molecule is CC.CN(C)CCCN.Cc1ccc(Nc2c(C(=O)N3CC(C)(O)C3)ccc(F)c2F)c(F)c1. The Morgan fingerprint density at radius 2 is 1.76 bits per heavy atom. The van der Waals surface area contributed by atoms with Crippen molar-refractivity contribution in [3.63, 3.8) is 0 Å². The van der Waals surface area contributed by atoms with Crippen LogP contribution in [0.1, 0.15) is 43.1 Å². The van der Waals surface area contributed by atoms with E-state index in [1.807, 2.05) is 13.8 Å². The van der Waals surface area contributed by atoms with Gasteiger partial charge >= 0.3 is 0 Å². The van der Waals surface area contributed by atoms with Gasteiger partial charge in [0.05, 0.1) is 35.6 Å². The van der Waals surface area contributed by atoms with E-state index in [-0.39, 0.29) is 24.3 Å². The second-order valence-electron chi connectivity index (χ2n) is 8.50. The number of anilines is 2. The summed E-state index contributed by atoms with van der Waals surface area (Å²) >= 11 is 0. The lowest BCUT2D eigenvalue weighted by Gasteiger charge is -2.44. The molecular weight excluding hydrogens is 445 g/mol. The van der Waals surface area contributed by atoms with Gasteiger partial charge in [-0.3, -0.25) is 4.79 Å².